The van der Waals surface area contributed by atoms with E-state index in [2.05, 4.69) is 10.4 Å². The molecule has 0 spiro atoms. The predicted molar refractivity (Wildman–Crippen MR) is 51.8 cm³/mol. The van der Waals surface area contributed by atoms with Crippen LogP contribution in [-0.2, 0) is 7.05 Å². The summed E-state index contributed by atoms with van der Waals surface area (Å²) >= 11 is 0. The molecular weight excluding hydrogens is 180 g/mol. The van der Waals surface area contributed by atoms with Gasteiger partial charge in [-0.3, -0.25) is 9.48 Å². The first-order valence-electron chi connectivity index (χ1n) is 4.65. The molecule has 5 nitrogen and oxygen atoms in total. The van der Waals surface area contributed by atoms with Gasteiger partial charge in [-0.05, 0) is 19.4 Å². The van der Waals surface area contributed by atoms with E-state index in [1.54, 1.807) is 10.7 Å². The molecule has 76 valence electrons. The minimum absolute atomic E-state index is 0.128. The third-order valence-electron chi connectivity index (χ3n) is 2.50. The number of nitrogens with one attached hydrogen (secondary N) is 1. The summed E-state index contributed by atoms with van der Waals surface area (Å²) in [5.74, 6) is -0.133. The van der Waals surface area contributed by atoms with Crippen LogP contribution in [0.4, 0.5) is 0 Å². The summed E-state index contributed by atoms with van der Waals surface area (Å²) < 4.78 is 1.68. The van der Waals surface area contributed by atoms with E-state index in [0.29, 0.717) is 5.69 Å². The van der Waals surface area contributed by atoms with Crippen molar-refractivity contribution in [1.29, 1.82) is 0 Å². The van der Waals surface area contributed by atoms with E-state index < -0.39 is 0 Å². The monoisotopic (exact) mass is 194 g/mol. The number of rotatable bonds is 2. The van der Waals surface area contributed by atoms with Gasteiger partial charge in [0, 0.05) is 24.8 Å². The van der Waals surface area contributed by atoms with E-state index in [9.17, 15) is 4.79 Å². The van der Waals surface area contributed by atoms with Gasteiger partial charge in [0.1, 0.15) is 5.69 Å². The molecule has 3 N–H and O–H groups in total. The number of hydrogen-bond acceptors (Lipinski definition) is 3. The van der Waals surface area contributed by atoms with Crippen LogP contribution in [0.25, 0.3) is 0 Å². The maximum absolute atomic E-state index is 11.6. The van der Waals surface area contributed by atoms with Gasteiger partial charge in [-0.2, -0.15) is 5.10 Å². The fourth-order valence-corrected chi connectivity index (χ4v) is 1.29. The van der Waals surface area contributed by atoms with Crippen molar-refractivity contribution >= 4 is 5.91 Å². The van der Waals surface area contributed by atoms with Gasteiger partial charge in [0.15, 0.2) is 0 Å². The molecule has 0 aliphatic heterocycles. The van der Waals surface area contributed by atoms with Gasteiger partial charge in [0.2, 0.25) is 0 Å². The Morgan fingerprint density at radius 1 is 1.79 bits per heavy atom. The maximum atomic E-state index is 11.6. The number of nitrogens with zero attached hydrogens (tertiary/aromatic N) is 2. The second-order valence-electron chi connectivity index (χ2n) is 3.77. The highest BCUT2D eigenvalue weighted by molar-refractivity contribution is 5.92. The minimum atomic E-state index is -0.133. The molecule has 1 amide bonds. The average molecular weight is 194 g/mol. The van der Waals surface area contributed by atoms with Gasteiger partial charge >= 0.3 is 0 Å². The number of nitrogens with two attached hydrogens (primary N) is 1. The molecule has 1 aromatic heterocycles. The fraction of sp³-hybridized carbons (Fsp3) is 0.556. The number of aromatic nitrogens is 2. The van der Waals surface area contributed by atoms with Gasteiger partial charge in [-0.15, -0.1) is 0 Å². The smallest absolute Gasteiger partial charge is 0.272 e. The summed E-state index contributed by atoms with van der Waals surface area (Å²) in [5.41, 5.74) is 7.02. The molecule has 0 saturated heterocycles. The molecule has 0 bridgehead atoms. The summed E-state index contributed by atoms with van der Waals surface area (Å²) in [6.07, 6.45) is 0.873. The lowest BCUT2D eigenvalue weighted by atomic mass is 10.3. The van der Waals surface area contributed by atoms with Gasteiger partial charge in [-0.1, -0.05) is 0 Å². The van der Waals surface area contributed by atoms with Gasteiger partial charge in [0.25, 0.3) is 5.91 Å². The maximum Gasteiger partial charge on any atom is 0.272 e. The lowest BCUT2D eigenvalue weighted by Crippen LogP contribution is -2.30. The van der Waals surface area contributed by atoms with Gasteiger partial charge < -0.3 is 11.1 Å². The zero-order chi connectivity index (χ0) is 10.3. The lowest BCUT2D eigenvalue weighted by Gasteiger charge is -1.99. The Hall–Kier alpha value is -1.36. The zero-order valence-electron chi connectivity index (χ0n) is 8.32. The highest BCUT2D eigenvalue weighted by Gasteiger charge is 2.35. The molecular formula is C9H14N4O. The van der Waals surface area contributed by atoms with Crippen LogP contribution >= 0.6 is 0 Å². The third kappa shape index (κ3) is 1.63. The molecule has 1 saturated carbocycles. The van der Waals surface area contributed by atoms with Crippen molar-refractivity contribution in [1.82, 2.24) is 15.1 Å². The normalized spacial score (nSPS) is 24.8. The highest BCUT2D eigenvalue weighted by Crippen LogP contribution is 2.18. The van der Waals surface area contributed by atoms with E-state index in [4.69, 9.17) is 5.73 Å². The van der Waals surface area contributed by atoms with Crippen molar-refractivity contribution in [3.05, 3.63) is 17.5 Å². The van der Waals surface area contributed by atoms with Gasteiger partial charge in [-0.25, -0.2) is 0 Å². The average Bonchev–Trinajstić information content (AvgIpc) is 2.68. The van der Waals surface area contributed by atoms with Crippen molar-refractivity contribution in [2.24, 2.45) is 12.8 Å². The van der Waals surface area contributed by atoms with Crippen molar-refractivity contribution < 1.29 is 4.79 Å². The summed E-state index contributed by atoms with van der Waals surface area (Å²) in [4.78, 5) is 11.6. The molecule has 14 heavy (non-hydrogen) atoms. The Labute approximate surface area is 82.3 Å². The Morgan fingerprint density at radius 3 is 2.86 bits per heavy atom. The highest BCUT2D eigenvalue weighted by atomic mass is 16.2. The van der Waals surface area contributed by atoms with Crippen molar-refractivity contribution in [3.63, 3.8) is 0 Å². The molecule has 1 aromatic rings. The van der Waals surface area contributed by atoms with Crippen LogP contribution in [0.1, 0.15) is 22.6 Å². The molecule has 0 radical (unpaired) electrons. The number of amides is 1. The Kier molecular flexibility index (Phi) is 2.03. The fourth-order valence-electron chi connectivity index (χ4n) is 1.29. The van der Waals surface area contributed by atoms with Crippen LogP contribution in [0.3, 0.4) is 0 Å². The Balaban J connectivity index is 2.04. The van der Waals surface area contributed by atoms with E-state index in [0.717, 1.165) is 12.1 Å². The molecule has 2 atom stereocenters. The predicted octanol–water partition coefficient (Wildman–Crippen LogP) is -0.442. The number of carbonyl (C=O) groups is 1. The second-order valence-corrected chi connectivity index (χ2v) is 3.77. The minimum Gasteiger partial charge on any atom is -0.346 e. The Morgan fingerprint density at radius 2 is 2.43 bits per heavy atom. The molecule has 1 fully saturated rings. The van der Waals surface area contributed by atoms with E-state index in [-0.39, 0.29) is 18.0 Å². The second kappa shape index (κ2) is 3.09. The summed E-state index contributed by atoms with van der Waals surface area (Å²) in [5, 5.41) is 6.90. The first-order chi connectivity index (χ1) is 6.58. The van der Waals surface area contributed by atoms with E-state index in [1.807, 2.05) is 14.0 Å². The molecule has 2 unspecified atom stereocenters. The summed E-state index contributed by atoms with van der Waals surface area (Å²) in [6.45, 7) is 1.91. The van der Waals surface area contributed by atoms with Crippen molar-refractivity contribution in [2.75, 3.05) is 0 Å². The number of hydrogen-bond donors (Lipinski definition) is 2. The Bertz CT molecular complexity index is 351. The van der Waals surface area contributed by atoms with Crippen LogP contribution in [0, 0.1) is 6.92 Å². The number of carbonyl (C=O) groups excluding carboxylic acids is 1. The molecule has 1 aliphatic carbocycles. The van der Waals surface area contributed by atoms with Crippen LogP contribution < -0.4 is 11.1 Å². The van der Waals surface area contributed by atoms with Crippen LogP contribution in [-0.4, -0.2) is 27.8 Å². The van der Waals surface area contributed by atoms with E-state index in [1.165, 1.54) is 0 Å². The first kappa shape index (κ1) is 9.21. The van der Waals surface area contributed by atoms with Crippen LogP contribution in [0.5, 0.6) is 0 Å². The third-order valence-corrected chi connectivity index (χ3v) is 2.50. The molecule has 1 aliphatic rings. The molecule has 5 heteroatoms. The summed E-state index contributed by atoms with van der Waals surface area (Å²) in [6, 6.07) is 2.04. The molecule has 0 aromatic carbocycles. The van der Waals surface area contributed by atoms with Crippen LogP contribution in [0.2, 0.25) is 0 Å². The van der Waals surface area contributed by atoms with Gasteiger partial charge in [0.05, 0.1) is 0 Å². The summed E-state index contributed by atoms with van der Waals surface area (Å²) in [7, 11) is 1.81. The van der Waals surface area contributed by atoms with Crippen molar-refractivity contribution in [3.8, 4) is 0 Å². The zero-order valence-corrected chi connectivity index (χ0v) is 8.32. The SMILES string of the molecule is Cc1cc(C(=O)NC2CC2N)nn1C. The quantitative estimate of drug-likeness (QED) is 0.670. The number of aryl methyl sites for hydroxylation is 2. The van der Waals surface area contributed by atoms with E-state index >= 15 is 0 Å². The van der Waals surface area contributed by atoms with Crippen LogP contribution in [0.15, 0.2) is 6.07 Å². The largest absolute Gasteiger partial charge is 0.346 e. The van der Waals surface area contributed by atoms with Crippen molar-refractivity contribution in [2.45, 2.75) is 25.4 Å². The lowest BCUT2D eigenvalue weighted by molar-refractivity contribution is 0.0944. The standard InChI is InChI=1S/C9H14N4O/c1-5-3-8(12-13(5)2)9(14)11-7-4-6(7)10/h3,6-7H,4,10H2,1-2H3,(H,11,14). The first-order valence-corrected chi connectivity index (χ1v) is 4.65. The topological polar surface area (TPSA) is 72.9 Å². The molecule has 1 heterocycles. The molecule has 2 rings (SSSR count).